The van der Waals surface area contributed by atoms with Crippen molar-refractivity contribution in [2.75, 3.05) is 56.7 Å². The summed E-state index contributed by atoms with van der Waals surface area (Å²) in [6.07, 6.45) is 4.00. The number of ether oxygens (including phenoxy) is 3. The average molecular weight is 567 g/mol. The Morgan fingerprint density at radius 2 is 1.90 bits per heavy atom. The summed E-state index contributed by atoms with van der Waals surface area (Å²) in [7, 11) is 1.64. The number of nitrogens with zero attached hydrogens (tertiary/aromatic N) is 5. The summed E-state index contributed by atoms with van der Waals surface area (Å²) in [5, 5.41) is 4.48. The number of amides is 1. The van der Waals surface area contributed by atoms with E-state index in [2.05, 4.69) is 28.4 Å². The molecule has 1 unspecified atom stereocenters. The van der Waals surface area contributed by atoms with Gasteiger partial charge in [0.05, 0.1) is 30.5 Å². The first-order valence-corrected chi connectivity index (χ1v) is 15.0. The van der Waals surface area contributed by atoms with Crippen LogP contribution >= 0.6 is 11.3 Å². The number of hydrogen-bond donors (Lipinski definition) is 1. The number of aromatic nitrogens is 3. The van der Waals surface area contributed by atoms with E-state index in [9.17, 15) is 4.79 Å². The molecule has 2 aliphatic heterocycles. The van der Waals surface area contributed by atoms with Gasteiger partial charge < -0.3 is 29.3 Å². The highest BCUT2D eigenvalue weighted by atomic mass is 32.1. The Morgan fingerprint density at radius 1 is 1.10 bits per heavy atom. The summed E-state index contributed by atoms with van der Waals surface area (Å²) in [4.78, 5) is 31.7. The van der Waals surface area contributed by atoms with Crippen molar-refractivity contribution >= 4 is 39.4 Å². The molecule has 1 atom stereocenters. The molecular formula is C29H38N6O4S. The van der Waals surface area contributed by atoms with Crippen LogP contribution in [0.5, 0.6) is 5.88 Å². The van der Waals surface area contributed by atoms with Crippen molar-refractivity contribution in [2.24, 2.45) is 0 Å². The molecule has 0 bridgehead atoms. The number of hydrogen-bond acceptors (Lipinski definition) is 10. The zero-order valence-electron chi connectivity index (χ0n) is 23.7. The van der Waals surface area contributed by atoms with Crippen molar-refractivity contribution in [3.8, 4) is 16.5 Å². The molecule has 1 amide bonds. The van der Waals surface area contributed by atoms with Crippen molar-refractivity contribution in [2.45, 2.75) is 64.0 Å². The molecule has 3 fully saturated rings. The Balaban J connectivity index is 1.35. The van der Waals surface area contributed by atoms with Crippen molar-refractivity contribution in [3.05, 3.63) is 23.8 Å². The topological polar surface area (TPSA) is 102 Å². The molecule has 2 saturated heterocycles. The molecule has 1 aliphatic carbocycles. The number of morpholine rings is 1. The Hall–Kier alpha value is -3.18. The van der Waals surface area contributed by atoms with E-state index in [0.29, 0.717) is 63.0 Å². The molecule has 0 spiro atoms. The number of carbonyl (C=O) groups is 1. The van der Waals surface area contributed by atoms with Crippen molar-refractivity contribution < 1.29 is 19.0 Å². The molecule has 6 rings (SSSR count). The van der Waals surface area contributed by atoms with Gasteiger partial charge in [-0.15, -0.1) is 11.3 Å². The lowest BCUT2D eigenvalue weighted by atomic mass is 10.1. The second-order valence-electron chi connectivity index (χ2n) is 11.8. The summed E-state index contributed by atoms with van der Waals surface area (Å²) >= 11 is 1.62. The average Bonchev–Trinajstić information content (AvgIpc) is 3.71. The van der Waals surface area contributed by atoms with Crippen LogP contribution in [-0.2, 0) is 9.47 Å². The largest absolute Gasteiger partial charge is 0.480 e. The van der Waals surface area contributed by atoms with Crippen molar-refractivity contribution in [1.82, 2.24) is 19.9 Å². The number of thiazole rings is 1. The third-order valence-electron chi connectivity index (χ3n) is 7.44. The van der Waals surface area contributed by atoms with Crippen LogP contribution in [0, 0.1) is 0 Å². The first kappa shape index (κ1) is 27.0. The summed E-state index contributed by atoms with van der Waals surface area (Å²) in [5.74, 6) is 2.42. The molecule has 1 saturated carbocycles. The SMILES string of the molecule is COc1nc(N2CCOCC2)nc(NC2CCCN(C(=O)OC(C)(C)C)C2)c1-c1nc2cc(C3CC3)ccc2s1. The quantitative estimate of drug-likeness (QED) is 0.427. The van der Waals surface area contributed by atoms with E-state index in [-0.39, 0.29) is 12.1 Å². The highest BCUT2D eigenvalue weighted by molar-refractivity contribution is 7.21. The van der Waals surface area contributed by atoms with E-state index in [4.69, 9.17) is 29.2 Å². The van der Waals surface area contributed by atoms with Gasteiger partial charge in [-0.1, -0.05) is 6.07 Å². The fraction of sp³-hybridized carbons (Fsp3) is 0.586. The summed E-state index contributed by atoms with van der Waals surface area (Å²) < 4.78 is 18.2. The van der Waals surface area contributed by atoms with Gasteiger partial charge in [0.25, 0.3) is 0 Å². The normalized spacial score (nSPS) is 20.1. The van der Waals surface area contributed by atoms with E-state index in [0.717, 1.165) is 33.6 Å². The smallest absolute Gasteiger partial charge is 0.410 e. The van der Waals surface area contributed by atoms with Crippen LogP contribution in [0.2, 0.25) is 0 Å². The molecule has 10 nitrogen and oxygen atoms in total. The number of benzene rings is 1. The number of anilines is 2. The first-order chi connectivity index (χ1) is 19.3. The lowest BCUT2D eigenvalue weighted by molar-refractivity contribution is 0.0206. The van der Waals surface area contributed by atoms with Crippen LogP contribution in [0.3, 0.4) is 0 Å². The zero-order valence-corrected chi connectivity index (χ0v) is 24.6. The van der Waals surface area contributed by atoms with Gasteiger partial charge in [0.1, 0.15) is 22.0 Å². The van der Waals surface area contributed by atoms with Crippen LogP contribution in [-0.4, -0.2) is 84.1 Å². The fourth-order valence-corrected chi connectivity index (χ4v) is 6.26. The number of fused-ring (bicyclic) bond motifs is 1. The minimum Gasteiger partial charge on any atom is -0.480 e. The predicted octanol–water partition coefficient (Wildman–Crippen LogP) is 5.29. The summed E-state index contributed by atoms with van der Waals surface area (Å²) in [5.41, 5.74) is 2.56. The Labute approximate surface area is 239 Å². The standard InChI is InChI=1S/C29H38N6O4S/c1-29(2,3)39-28(36)35-11-5-6-20(17-35)30-24-23(25(37-4)33-27(32-24)34-12-14-38-15-13-34)26-31-21-16-19(18-7-8-18)9-10-22(21)40-26/h9-10,16,18,20H,5-8,11-15,17H2,1-4H3,(H,30,32,33). The second-order valence-corrected chi connectivity index (χ2v) is 12.8. The maximum Gasteiger partial charge on any atom is 0.410 e. The van der Waals surface area contributed by atoms with Crippen LogP contribution in [0.4, 0.5) is 16.6 Å². The molecule has 40 heavy (non-hydrogen) atoms. The zero-order chi connectivity index (χ0) is 27.9. The number of likely N-dealkylation sites (tertiary alicyclic amines) is 1. The third kappa shape index (κ3) is 5.95. The number of rotatable bonds is 6. The molecule has 214 valence electrons. The molecule has 2 aromatic heterocycles. The van der Waals surface area contributed by atoms with Crippen molar-refractivity contribution in [1.29, 1.82) is 0 Å². The minimum absolute atomic E-state index is 0.00647. The monoisotopic (exact) mass is 566 g/mol. The van der Waals surface area contributed by atoms with Crippen LogP contribution in [0.25, 0.3) is 20.8 Å². The number of methoxy groups -OCH3 is 1. The molecule has 4 heterocycles. The number of nitrogens with one attached hydrogen (secondary N) is 1. The van der Waals surface area contributed by atoms with Gasteiger partial charge in [-0.3, -0.25) is 0 Å². The lowest BCUT2D eigenvalue weighted by Crippen LogP contribution is -2.47. The minimum atomic E-state index is -0.538. The molecule has 1 aromatic carbocycles. The van der Waals surface area contributed by atoms with Gasteiger partial charge in [0.2, 0.25) is 11.8 Å². The number of piperidine rings is 1. The maximum atomic E-state index is 12.8. The first-order valence-electron chi connectivity index (χ1n) is 14.2. The lowest BCUT2D eigenvalue weighted by Gasteiger charge is -2.35. The van der Waals surface area contributed by atoms with Gasteiger partial charge >= 0.3 is 6.09 Å². The predicted molar refractivity (Wildman–Crippen MR) is 157 cm³/mol. The van der Waals surface area contributed by atoms with Crippen LogP contribution < -0.4 is 15.0 Å². The fourth-order valence-electron chi connectivity index (χ4n) is 5.28. The van der Waals surface area contributed by atoms with Crippen molar-refractivity contribution in [3.63, 3.8) is 0 Å². The maximum absolute atomic E-state index is 12.8. The van der Waals surface area contributed by atoms with E-state index >= 15 is 0 Å². The second kappa shape index (κ2) is 11.0. The third-order valence-corrected chi connectivity index (χ3v) is 8.49. The van der Waals surface area contributed by atoms with Gasteiger partial charge in [0, 0.05) is 32.2 Å². The molecule has 3 aromatic rings. The van der Waals surface area contributed by atoms with E-state index in [1.54, 1.807) is 23.3 Å². The van der Waals surface area contributed by atoms with E-state index in [1.165, 1.54) is 18.4 Å². The van der Waals surface area contributed by atoms with Gasteiger partial charge in [0.15, 0.2) is 0 Å². The highest BCUT2D eigenvalue weighted by Gasteiger charge is 2.31. The van der Waals surface area contributed by atoms with E-state index < -0.39 is 5.60 Å². The van der Waals surface area contributed by atoms with Gasteiger partial charge in [-0.25, -0.2) is 9.78 Å². The van der Waals surface area contributed by atoms with Crippen LogP contribution in [0.1, 0.15) is 57.9 Å². The van der Waals surface area contributed by atoms with E-state index in [1.807, 2.05) is 20.8 Å². The summed E-state index contributed by atoms with van der Waals surface area (Å²) in [6.45, 7) is 9.56. The highest BCUT2D eigenvalue weighted by Crippen LogP contribution is 2.44. The van der Waals surface area contributed by atoms with Gasteiger partial charge in [-0.05, 0) is 70.1 Å². The van der Waals surface area contributed by atoms with Crippen LogP contribution in [0.15, 0.2) is 18.2 Å². The summed E-state index contributed by atoms with van der Waals surface area (Å²) in [6, 6.07) is 6.61. The molecule has 3 aliphatic rings. The Morgan fingerprint density at radius 3 is 2.62 bits per heavy atom. The number of carbonyl (C=O) groups excluding carboxylic acids is 1. The molecule has 1 N–H and O–H groups in total. The van der Waals surface area contributed by atoms with Gasteiger partial charge in [-0.2, -0.15) is 9.97 Å². The Bertz CT molecular complexity index is 1380. The Kier molecular flexibility index (Phi) is 7.43. The molecule has 0 radical (unpaired) electrons. The molecule has 11 heteroatoms. The molecular weight excluding hydrogens is 528 g/mol.